The average molecular weight is 642 g/mol. The van der Waals surface area contributed by atoms with Crippen molar-refractivity contribution in [1.82, 2.24) is 18.8 Å². The van der Waals surface area contributed by atoms with Gasteiger partial charge in [0.1, 0.15) is 11.1 Å². The number of quaternary nitrogens is 1. The van der Waals surface area contributed by atoms with Crippen LogP contribution in [0, 0.1) is 0 Å². The van der Waals surface area contributed by atoms with Crippen LogP contribution < -0.4 is 18.8 Å². The summed E-state index contributed by atoms with van der Waals surface area (Å²) in [5.41, 5.74) is 16.5. The zero-order valence-electron chi connectivity index (χ0n) is 26.8. The Labute approximate surface area is 284 Å². The van der Waals surface area contributed by atoms with E-state index < -0.39 is 5.41 Å². The predicted octanol–water partition coefficient (Wildman–Crippen LogP) is 7.89. The molecule has 1 unspecified atom stereocenters. The number of para-hydroxylation sites is 2. The van der Waals surface area contributed by atoms with Gasteiger partial charge in [-0.3, -0.25) is 4.98 Å². The second kappa shape index (κ2) is 7.52. The third-order valence-electron chi connectivity index (χ3n) is 12.4. The first-order chi connectivity index (χ1) is 24.8. The van der Waals surface area contributed by atoms with Crippen molar-refractivity contribution in [2.75, 3.05) is 0 Å². The highest BCUT2D eigenvalue weighted by Gasteiger charge is 2.71. The maximum atomic E-state index is 7.05. The fourth-order valence-corrected chi connectivity index (χ4v) is 10.9. The fourth-order valence-electron chi connectivity index (χ4n) is 10.9. The van der Waals surface area contributed by atoms with Crippen LogP contribution in [0.15, 0.2) is 134 Å². The topological polar surface area (TPSA) is 39.7 Å². The lowest BCUT2D eigenvalue weighted by atomic mass is 9.65. The van der Waals surface area contributed by atoms with Crippen LogP contribution in [0.1, 0.15) is 22.3 Å². The molecule has 7 nitrogen and oxygen atoms in total. The summed E-state index contributed by atoms with van der Waals surface area (Å²) in [6.45, 7) is 0. The molecule has 9 aromatic rings. The third kappa shape index (κ3) is 2.15. The Balaban J connectivity index is 1.32. The van der Waals surface area contributed by atoms with E-state index in [2.05, 4.69) is 147 Å². The number of ether oxygens (including phenoxy) is 1. The molecule has 5 aliphatic rings. The van der Waals surface area contributed by atoms with E-state index in [0.29, 0.717) is 4.70 Å². The highest BCUT2D eigenvalue weighted by molar-refractivity contribution is 6.12. The predicted molar refractivity (Wildman–Crippen MR) is 191 cm³/mol. The summed E-state index contributed by atoms with van der Waals surface area (Å²) in [7, 11) is 2.17. The van der Waals surface area contributed by atoms with Gasteiger partial charge in [-0.15, -0.1) is 0 Å². The summed E-state index contributed by atoms with van der Waals surface area (Å²) < 4.78 is 17.2. The molecule has 4 aliphatic heterocycles. The third-order valence-corrected chi connectivity index (χ3v) is 12.4. The van der Waals surface area contributed by atoms with Crippen LogP contribution in [-0.4, -0.2) is 14.1 Å². The van der Waals surface area contributed by atoms with Gasteiger partial charge >= 0.3 is 17.2 Å². The van der Waals surface area contributed by atoms with Gasteiger partial charge in [0.25, 0.3) is 11.2 Å². The van der Waals surface area contributed by atoms with Gasteiger partial charge in [0.2, 0.25) is 11.4 Å². The van der Waals surface area contributed by atoms with E-state index in [9.17, 15) is 0 Å². The fraction of sp³-hybridized carbons (Fsp3) is 0.0465. The van der Waals surface area contributed by atoms with Crippen molar-refractivity contribution in [3.05, 3.63) is 156 Å². The number of fused-ring (bicyclic) bond motifs is 12. The molecule has 0 bridgehead atoms. The van der Waals surface area contributed by atoms with Crippen LogP contribution in [0.25, 0.3) is 61.2 Å². The highest BCUT2D eigenvalue weighted by Crippen LogP contribution is 2.66. The van der Waals surface area contributed by atoms with Crippen LogP contribution in [0.4, 0.5) is 11.4 Å². The van der Waals surface area contributed by atoms with E-state index in [4.69, 9.17) is 9.72 Å². The number of aryl methyl sites for hydroxylation is 1. The molecule has 0 N–H and O–H groups in total. The minimum absolute atomic E-state index is 0.310. The van der Waals surface area contributed by atoms with E-state index >= 15 is 0 Å². The highest BCUT2D eigenvalue weighted by atomic mass is 16.5. The first kappa shape index (κ1) is 24.6. The lowest BCUT2D eigenvalue weighted by molar-refractivity contribution is -1.01. The Morgan fingerprint density at radius 1 is 0.680 bits per heavy atom. The second-order valence-corrected chi connectivity index (χ2v) is 14.2. The Bertz CT molecular complexity index is 3120. The van der Waals surface area contributed by atoms with Crippen molar-refractivity contribution in [2.24, 2.45) is 7.05 Å². The summed E-state index contributed by atoms with van der Waals surface area (Å²) in [5.74, 6) is 2.85. The number of aromatic nitrogens is 5. The molecule has 0 fully saturated rings. The number of hydrogen-bond donors (Lipinski definition) is 0. The number of rotatable bonds is 0. The second-order valence-electron chi connectivity index (χ2n) is 14.2. The van der Waals surface area contributed by atoms with Gasteiger partial charge in [-0.2, -0.15) is 4.57 Å². The number of hydrogen-bond acceptors (Lipinski definition) is 2. The quantitative estimate of drug-likeness (QED) is 0.125. The zero-order chi connectivity index (χ0) is 32.2. The van der Waals surface area contributed by atoms with Crippen molar-refractivity contribution in [2.45, 2.75) is 5.41 Å². The molecule has 4 aromatic heterocycles. The van der Waals surface area contributed by atoms with Gasteiger partial charge in [-0.05, 0) is 69.4 Å². The standard InChI is InChI=1S/C43H25N6O/c1-45-33-20-21-44-23-34(33)48-41(45)28-12-7-17-35-39(28)49(48)40-36(50-35)19-18-32-38(40)47-37-26(27-13-8-22-46(49)42(27)47)11-6-16-31(37)43(32)29-14-4-2-9-24(29)25-10-3-5-15-30(25)43/h2-23H,1H3/q+3. The van der Waals surface area contributed by atoms with Gasteiger partial charge in [0, 0.05) is 33.5 Å². The molecule has 0 saturated carbocycles. The minimum Gasteiger partial charge on any atom is -0.444 e. The number of benzene rings is 5. The summed E-state index contributed by atoms with van der Waals surface area (Å²) in [5, 5.41) is 2.49. The van der Waals surface area contributed by atoms with E-state index in [-0.39, 0.29) is 0 Å². The van der Waals surface area contributed by atoms with E-state index in [0.717, 1.165) is 45.3 Å². The molecular weight excluding hydrogens is 617 g/mol. The molecule has 2 spiro atoms. The summed E-state index contributed by atoms with van der Waals surface area (Å²) in [4.78, 5) is 4.71. The molecule has 14 rings (SSSR count). The molecule has 0 amide bonds. The maximum absolute atomic E-state index is 7.05. The van der Waals surface area contributed by atoms with Crippen molar-refractivity contribution < 1.29 is 14.1 Å². The Hall–Kier alpha value is -6.57. The summed E-state index contributed by atoms with van der Waals surface area (Å²) in [6.07, 6.45) is 6.18. The van der Waals surface area contributed by atoms with Gasteiger partial charge < -0.3 is 4.74 Å². The normalized spacial score (nSPS) is 18.1. The van der Waals surface area contributed by atoms with Gasteiger partial charge in [-0.1, -0.05) is 66.7 Å². The lowest BCUT2D eigenvalue weighted by Crippen LogP contribution is -2.84. The van der Waals surface area contributed by atoms with Crippen LogP contribution in [-0.2, 0) is 12.5 Å². The van der Waals surface area contributed by atoms with E-state index in [1.165, 1.54) is 61.0 Å². The molecule has 230 valence electrons. The average Bonchev–Trinajstić information content (AvgIpc) is 3.86. The molecule has 5 aromatic carbocycles. The van der Waals surface area contributed by atoms with Crippen LogP contribution >= 0.6 is 0 Å². The Morgan fingerprint density at radius 2 is 1.42 bits per heavy atom. The molecule has 1 aliphatic carbocycles. The lowest BCUT2D eigenvalue weighted by Gasteiger charge is -2.40. The first-order valence-electron chi connectivity index (χ1n) is 17.2. The number of pyridine rings is 2. The smallest absolute Gasteiger partial charge is 0.352 e. The Morgan fingerprint density at radius 3 is 2.28 bits per heavy atom. The monoisotopic (exact) mass is 641 g/mol. The Kier molecular flexibility index (Phi) is 3.69. The summed E-state index contributed by atoms with van der Waals surface area (Å²) in [6, 6.07) is 42.8. The van der Waals surface area contributed by atoms with Crippen LogP contribution in [0.2, 0.25) is 0 Å². The SMILES string of the molecule is Cn1c2[n+](c3cnccc31)[N+]13c4c(cccc4-2)Oc2ccc4c(c21)-n1c2c(cccc2c2ccc[n+]3c21)C41c2ccccc2-c2ccccc21. The van der Waals surface area contributed by atoms with Gasteiger partial charge in [-0.25, -0.2) is 4.57 Å². The van der Waals surface area contributed by atoms with Gasteiger partial charge in [0.05, 0.1) is 28.7 Å². The van der Waals surface area contributed by atoms with Crippen molar-refractivity contribution in [1.29, 1.82) is 0 Å². The van der Waals surface area contributed by atoms with Crippen molar-refractivity contribution in [3.63, 3.8) is 0 Å². The molecule has 8 heterocycles. The molecule has 1 atom stereocenters. The van der Waals surface area contributed by atoms with Gasteiger partial charge in [0.15, 0.2) is 17.5 Å². The van der Waals surface area contributed by atoms with Crippen molar-refractivity contribution >= 4 is 44.3 Å². The largest absolute Gasteiger partial charge is 0.444 e. The van der Waals surface area contributed by atoms with Crippen molar-refractivity contribution in [3.8, 4) is 39.7 Å². The number of imidazole rings is 1. The summed E-state index contributed by atoms with van der Waals surface area (Å²) >= 11 is 0. The van der Waals surface area contributed by atoms with Crippen LogP contribution in [0.3, 0.4) is 0 Å². The minimum atomic E-state index is -0.527. The number of nitrogens with zero attached hydrogens (tertiary/aromatic N) is 6. The first-order valence-corrected chi connectivity index (χ1v) is 17.2. The zero-order valence-corrected chi connectivity index (χ0v) is 26.8. The van der Waals surface area contributed by atoms with E-state index in [1.54, 1.807) is 0 Å². The maximum Gasteiger partial charge on any atom is 0.352 e. The molecule has 7 heteroatoms. The molecule has 50 heavy (non-hydrogen) atoms. The molecule has 0 saturated heterocycles. The molecule has 0 radical (unpaired) electrons. The van der Waals surface area contributed by atoms with Crippen LogP contribution in [0.5, 0.6) is 11.5 Å². The van der Waals surface area contributed by atoms with E-state index in [1.807, 2.05) is 12.4 Å². The molecular formula is C43H25N6O+3.